The summed E-state index contributed by atoms with van der Waals surface area (Å²) in [4.78, 5) is 11.3. The van der Waals surface area contributed by atoms with Gasteiger partial charge in [0, 0.05) is 9.13 Å². The molecule has 0 radical (unpaired) electrons. The molecule has 0 heterocycles. The average molecular weight is 306 g/mol. The van der Waals surface area contributed by atoms with Crippen LogP contribution in [-0.4, -0.2) is 5.78 Å². The van der Waals surface area contributed by atoms with Crippen LogP contribution in [0.1, 0.15) is 16.8 Å². The standard InChI is InChI=1S/C9H5ClINO/c10-9-6(8(13)4-5-12)2-1-3-7(9)11/h1-3H,4H2. The van der Waals surface area contributed by atoms with Gasteiger partial charge < -0.3 is 0 Å². The number of nitriles is 1. The van der Waals surface area contributed by atoms with E-state index >= 15 is 0 Å². The summed E-state index contributed by atoms with van der Waals surface area (Å²) < 4.78 is 0.822. The highest BCUT2D eigenvalue weighted by Gasteiger charge is 2.11. The third kappa shape index (κ3) is 2.42. The first kappa shape index (κ1) is 10.5. The molecule has 2 nitrogen and oxygen atoms in total. The van der Waals surface area contributed by atoms with Gasteiger partial charge >= 0.3 is 0 Å². The topological polar surface area (TPSA) is 40.9 Å². The molecule has 0 saturated heterocycles. The van der Waals surface area contributed by atoms with E-state index in [1.165, 1.54) is 0 Å². The number of halogens is 2. The highest BCUT2D eigenvalue weighted by molar-refractivity contribution is 14.1. The Labute approximate surface area is 94.6 Å². The van der Waals surface area contributed by atoms with Crippen molar-refractivity contribution >= 4 is 40.0 Å². The van der Waals surface area contributed by atoms with E-state index in [1.54, 1.807) is 18.2 Å². The van der Waals surface area contributed by atoms with E-state index in [9.17, 15) is 4.79 Å². The molecule has 0 N–H and O–H groups in total. The van der Waals surface area contributed by atoms with Gasteiger partial charge in [0.2, 0.25) is 0 Å². The first-order valence-electron chi connectivity index (χ1n) is 3.51. The second kappa shape index (κ2) is 4.58. The Morgan fingerprint density at radius 1 is 1.62 bits per heavy atom. The van der Waals surface area contributed by atoms with Crippen molar-refractivity contribution in [3.8, 4) is 6.07 Å². The minimum atomic E-state index is -0.231. The summed E-state index contributed by atoms with van der Waals surface area (Å²) in [7, 11) is 0. The number of rotatable bonds is 2. The number of Topliss-reactive ketones (excluding diaryl/α,β-unsaturated/α-hetero) is 1. The van der Waals surface area contributed by atoms with Gasteiger partial charge in [-0.3, -0.25) is 4.79 Å². The molecule has 0 aliphatic heterocycles. The molecule has 1 rings (SSSR count). The number of hydrogen-bond acceptors (Lipinski definition) is 2. The number of ketones is 1. The SMILES string of the molecule is N#CCC(=O)c1cccc(I)c1Cl. The number of hydrogen-bond donors (Lipinski definition) is 0. The van der Waals surface area contributed by atoms with Crippen molar-refractivity contribution in [1.29, 1.82) is 5.26 Å². The van der Waals surface area contributed by atoms with Crippen molar-refractivity contribution in [2.24, 2.45) is 0 Å². The minimum Gasteiger partial charge on any atom is -0.293 e. The van der Waals surface area contributed by atoms with E-state index in [-0.39, 0.29) is 12.2 Å². The Balaban J connectivity index is 3.09. The molecule has 0 saturated carbocycles. The second-order valence-electron chi connectivity index (χ2n) is 2.36. The zero-order valence-corrected chi connectivity index (χ0v) is 9.46. The first-order valence-corrected chi connectivity index (χ1v) is 4.96. The Morgan fingerprint density at radius 3 is 2.92 bits per heavy atom. The fourth-order valence-corrected chi connectivity index (χ4v) is 1.62. The monoisotopic (exact) mass is 305 g/mol. The molecule has 0 spiro atoms. The smallest absolute Gasteiger partial charge is 0.178 e. The van der Waals surface area contributed by atoms with Gasteiger partial charge in [0.05, 0.1) is 17.5 Å². The fraction of sp³-hybridized carbons (Fsp3) is 0.111. The lowest BCUT2D eigenvalue weighted by Crippen LogP contribution is -1.99. The van der Waals surface area contributed by atoms with Crippen molar-refractivity contribution in [3.63, 3.8) is 0 Å². The Morgan fingerprint density at radius 2 is 2.31 bits per heavy atom. The minimum absolute atomic E-state index is 0.125. The van der Waals surface area contributed by atoms with Crippen LogP contribution in [0.4, 0.5) is 0 Å². The molecule has 0 unspecified atom stereocenters. The highest BCUT2D eigenvalue weighted by Crippen LogP contribution is 2.23. The molecule has 66 valence electrons. The number of nitrogens with zero attached hydrogens (tertiary/aromatic N) is 1. The molecular formula is C9H5ClINO. The highest BCUT2D eigenvalue weighted by atomic mass is 127. The lowest BCUT2D eigenvalue weighted by Gasteiger charge is -2.01. The number of carbonyl (C=O) groups is 1. The van der Waals surface area contributed by atoms with Crippen LogP contribution in [0.15, 0.2) is 18.2 Å². The van der Waals surface area contributed by atoms with Crippen molar-refractivity contribution < 1.29 is 4.79 Å². The quantitative estimate of drug-likeness (QED) is 0.622. The maximum atomic E-state index is 11.3. The van der Waals surface area contributed by atoms with Crippen LogP contribution in [0.2, 0.25) is 5.02 Å². The first-order chi connectivity index (χ1) is 6.16. The molecule has 0 bridgehead atoms. The lowest BCUT2D eigenvalue weighted by atomic mass is 10.1. The van der Waals surface area contributed by atoms with Gasteiger partial charge in [0.15, 0.2) is 5.78 Å². The average Bonchev–Trinajstić information content (AvgIpc) is 2.10. The molecule has 0 aliphatic carbocycles. The molecule has 0 aliphatic rings. The molecule has 13 heavy (non-hydrogen) atoms. The van der Waals surface area contributed by atoms with Crippen molar-refractivity contribution in [1.82, 2.24) is 0 Å². The van der Waals surface area contributed by atoms with Gasteiger partial charge in [-0.25, -0.2) is 0 Å². The van der Waals surface area contributed by atoms with Crippen molar-refractivity contribution in [2.75, 3.05) is 0 Å². The predicted molar refractivity (Wildman–Crippen MR) is 58.7 cm³/mol. The zero-order chi connectivity index (χ0) is 9.84. The van der Waals surface area contributed by atoms with Gasteiger partial charge in [-0.05, 0) is 34.7 Å². The van der Waals surface area contributed by atoms with E-state index < -0.39 is 0 Å². The molecule has 1 aromatic rings. The number of carbonyl (C=O) groups excluding carboxylic acids is 1. The summed E-state index contributed by atoms with van der Waals surface area (Å²) in [6, 6.07) is 6.99. The summed E-state index contributed by atoms with van der Waals surface area (Å²) in [5.41, 5.74) is 0.426. The maximum Gasteiger partial charge on any atom is 0.178 e. The van der Waals surface area contributed by atoms with Crippen LogP contribution >= 0.6 is 34.2 Å². The van der Waals surface area contributed by atoms with Gasteiger partial charge in [-0.2, -0.15) is 5.26 Å². The van der Waals surface area contributed by atoms with E-state index in [0.29, 0.717) is 10.6 Å². The third-order valence-electron chi connectivity index (χ3n) is 1.49. The summed E-state index contributed by atoms with van der Waals surface area (Å²) in [5.74, 6) is -0.231. The lowest BCUT2D eigenvalue weighted by molar-refractivity contribution is 0.0998. The summed E-state index contributed by atoms with van der Waals surface area (Å²) in [5, 5.41) is 8.78. The van der Waals surface area contributed by atoms with Crippen molar-refractivity contribution in [3.05, 3.63) is 32.4 Å². The van der Waals surface area contributed by atoms with Gasteiger partial charge in [0.1, 0.15) is 0 Å². The predicted octanol–water partition coefficient (Wildman–Crippen LogP) is 3.04. The zero-order valence-electron chi connectivity index (χ0n) is 6.55. The van der Waals surface area contributed by atoms with E-state index in [4.69, 9.17) is 16.9 Å². The maximum absolute atomic E-state index is 11.3. The van der Waals surface area contributed by atoms with Gasteiger partial charge in [0.25, 0.3) is 0 Å². The summed E-state index contributed by atoms with van der Waals surface area (Å²) in [6.45, 7) is 0. The van der Waals surface area contributed by atoms with Gasteiger partial charge in [-0.15, -0.1) is 0 Å². The van der Waals surface area contributed by atoms with Crippen LogP contribution in [-0.2, 0) is 0 Å². The van der Waals surface area contributed by atoms with E-state index in [1.807, 2.05) is 28.7 Å². The normalized spacial score (nSPS) is 9.31. The molecule has 0 fully saturated rings. The molecule has 0 atom stereocenters. The van der Waals surface area contributed by atoms with Crippen LogP contribution in [0, 0.1) is 14.9 Å². The number of benzene rings is 1. The van der Waals surface area contributed by atoms with Gasteiger partial charge in [-0.1, -0.05) is 17.7 Å². The second-order valence-corrected chi connectivity index (χ2v) is 3.90. The largest absolute Gasteiger partial charge is 0.293 e. The molecule has 4 heteroatoms. The molecule has 1 aromatic carbocycles. The van der Waals surface area contributed by atoms with Crippen LogP contribution in [0.5, 0.6) is 0 Å². The Bertz CT molecular complexity index is 384. The van der Waals surface area contributed by atoms with E-state index in [2.05, 4.69) is 0 Å². The van der Waals surface area contributed by atoms with E-state index in [0.717, 1.165) is 3.57 Å². The Kier molecular flexibility index (Phi) is 3.70. The molecular weight excluding hydrogens is 300 g/mol. The van der Waals surface area contributed by atoms with Crippen LogP contribution < -0.4 is 0 Å². The molecule has 0 aromatic heterocycles. The van der Waals surface area contributed by atoms with Crippen LogP contribution in [0.3, 0.4) is 0 Å². The van der Waals surface area contributed by atoms with Crippen molar-refractivity contribution in [2.45, 2.75) is 6.42 Å². The Hall–Kier alpha value is -0.600. The fourth-order valence-electron chi connectivity index (χ4n) is 0.886. The summed E-state index contributed by atoms with van der Waals surface area (Å²) >= 11 is 7.93. The summed E-state index contributed by atoms with van der Waals surface area (Å²) in [6.07, 6.45) is -0.125. The third-order valence-corrected chi connectivity index (χ3v) is 3.12. The molecule has 0 amide bonds. The van der Waals surface area contributed by atoms with Crippen LogP contribution in [0.25, 0.3) is 0 Å².